The lowest BCUT2D eigenvalue weighted by Gasteiger charge is -2.12. The summed E-state index contributed by atoms with van der Waals surface area (Å²) in [6, 6.07) is 14.9. The fraction of sp³-hybridized carbons (Fsp3) is 0.0476. The predicted molar refractivity (Wildman–Crippen MR) is 113 cm³/mol. The van der Waals surface area contributed by atoms with Crippen LogP contribution in [0.4, 0.5) is 11.4 Å². The molecule has 0 bridgehead atoms. The van der Waals surface area contributed by atoms with Crippen LogP contribution in [-0.2, 0) is 0 Å². The van der Waals surface area contributed by atoms with Gasteiger partial charge in [-0.3, -0.25) is 15.1 Å². The zero-order valence-corrected chi connectivity index (χ0v) is 17.1. The quantitative estimate of drug-likeness (QED) is 0.232. The van der Waals surface area contributed by atoms with Gasteiger partial charge in [-0.15, -0.1) is 0 Å². The molecule has 0 N–H and O–H groups in total. The van der Waals surface area contributed by atoms with Crippen LogP contribution in [0.1, 0.15) is 5.56 Å². The van der Waals surface area contributed by atoms with E-state index >= 15 is 0 Å². The van der Waals surface area contributed by atoms with Crippen LogP contribution in [0.15, 0.2) is 68.5 Å². The van der Waals surface area contributed by atoms with Crippen molar-refractivity contribution in [3.05, 3.63) is 74.7 Å². The van der Waals surface area contributed by atoms with Gasteiger partial charge in [0.25, 0.3) is 5.69 Å². The van der Waals surface area contributed by atoms with E-state index in [0.717, 1.165) is 11.6 Å². The van der Waals surface area contributed by atoms with Crippen molar-refractivity contribution in [2.24, 2.45) is 4.99 Å². The minimum atomic E-state index is -0.573. The highest BCUT2D eigenvalue weighted by Gasteiger charge is 2.12. The van der Waals surface area contributed by atoms with Gasteiger partial charge in [0, 0.05) is 28.4 Å². The first-order chi connectivity index (χ1) is 14.5. The van der Waals surface area contributed by atoms with Gasteiger partial charge in [0.05, 0.1) is 12.0 Å². The Hall–Kier alpha value is -3.72. The van der Waals surface area contributed by atoms with Crippen molar-refractivity contribution in [2.75, 3.05) is 7.11 Å². The van der Waals surface area contributed by atoms with Crippen molar-refractivity contribution in [3.8, 4) is 23.0 Å². The lowest BCUT2D eigenvalue weighted by Crippen LogP contribution is -2.00. The zero-order chi connectivity index (χ0) is 21.3. The molecule has 0 amide bonds. The van der Waals surface area contributed by atoms with Crippen LogP contribution in [0.2, 0.25) is 0 Å². The van der Waals surface area contributed by atoms with Gasteiger partial charge < -0.3 is 14.3 Å². The monoisotopic (exact) mass is 466 g/mol. The normalized spacial score (nSPS) is 11.3. The minimum Gasteiger partial charge on any atom is -0.871 e. The van der Waals surface area contributed by atoms with E-state index in [0.29, 0.717) is 28.5 Å². The Morgan fingerprint density at radius 1 is 1.20 bits per heavy atom. The highest BCUT2D eigenvalue weighted by atomic mass is 79.9. The van der Waals surface area contributed by atoms with Gasteiger partial charge >= 0.3 is 0 Å². The van der Waals surface area contributed by atoms with Crippen molar-refractivity contribution >= 4 is 44.6 Å². The average Bonchev–Trinajstić information content (AvgIpc) is 3.18. The number of nitrogens with zero attached hydrogens (tertiary/aromatic N) is 3. The maximum absolute atomic E-state index is 12.3. The molecular weight excluding hydrogens is 454 g/mol. The van der Waals surface area contributed by atoms with E-state index in [1.807, 2.05) is 24.3 Å². The van der Waals surface area contributed by atoms with Crippen molar-refractivity contribution in [1.29, 1.82) is 0 Å². The summed E-state index contributed by atoms with van der Waals surface area (Å²) < 4.78 is 11.2. The molecule has 4 rings (SSSR count). The second-order valence-corrected chi connectivity index (χ2v) is 7.09. The number of rotatable bonds is 5. The highest BCUT2D eigenvalue weighted by molar-refractivity contribution is 9.10. The third kappa shape index (κ3) is 3.74. The minimum absolute atomic E-state index is 0.0744. The summed E-state index contributed by atoms with van der Waals surface area (Å²) >= 11 is 3.05. The van der Waals surface area contributed by atoms with Crippen LogP contribution < -0.4 is 9.84 Å². The molecule has 1 aromatic heterocycles. The Morgan fingerprint density at radius 2 is 2.00 bits per heavy atom. The molecule has 0 unspecified atom stereocenters. The molecule has 9 heteroatoms. The molecule has 150 valence electrons. The van der Waals surface area contributed by atoms with E-state index < -0.39 is 10.7 Å². The molecule has 0 fully saturated rings. The first-order valence-corrected chi connectivity index (χ1v) is 9.48. The summed E-state index contributed by atoms with van der Waals surface area (Å²) in [6.07, 6.45) is 1.27. The molecule has 30 heavy (non-hydrogen) atoms. The summed E-state index contributed by atoms with van der Waals surface area (Å²) in [5.41, 5.74) is 2.33. The Balaban J connectivity index is 1.75. The lowest BCUT2D eigenvalue weighted by atomic mass is 10.1. The number of benzene rings is 3. The van der Waals surface area contributed by atoms with Crippen LogP contribution in [0, 0.1) is 10.1 Å². The van der Waals surface area contributed by atoms with Crippen LogP contribution in [0.3, 0.4) is 0 Å². The van der Waals surface area contributed by atoms with Gasteiger partial charge in [-0.1, -0.05) is 33.8 Å². The molecule has 0 saturated heterocycles. The third-order valence-corrected chi connectivity index (χ3v) is 4.92. The fourth-order valence-electron chi connectivity index (χ4n) is 2.86. The van der Waals surface area contributed by atoms with Crippen molar-refractivity contribution in [1.82, 2.24) is 4.98 Å². The number of nitro groups is 1. The van der Waals surface area contributed by atoms with Gasteiger partial charge in [0.1, 0.15) is 17.0 Å². The number of aliphatic imine (C=N–C) groups is 1. The van der Waals surface area contributed by atoms with Crippen LogP contribution in [0.25, 0.3) is 22.6 Å². The molecule has 0 saturated carbocycles. The number of nitro benzene ring substituents is 1. The van der Waals surface area contributed by atoms with Crippen LogP contribution >= 0.6 is 15.9 Å². The van der Waals surface area contributed by atoms with Crippen LogP contribution in [0.5, 0.6) is 11.5 Å². The average molecular weight is 467 g/mol. The smallest absolute Gasteiger partial charge is 0.271 e. The van der Waals surface area contributed by atoms with E-state index in [4.69, 9.17) is 9.15 Å². The Kier molecular flexibility index (Phi) is 5.20. The van der Waals surface area contributed by atoms with Crippen molar-refractivity contribution < 1.29 is 19.2 Å². The predicted octanol–water partition coefficient (Wildman–Crippen LogP) is 5.00. The Morgan fingerprint density at radius 3 is 2.73 bits per heavy atom. The number of methoxy groups -OCH3 is 1. The van der Waals surface area contributed by atoms with Gasteiger partial charge in [-0.25, -0.2) is 4.98 Å². The van der Waals surface area contributed by atoms with E-state index in [9.17, 15) is 15.2 Å². The number of halogens is 1. The number of hydrogen-bond acceptors (Lipinski definition) is 7. The van der Waals surface area contributed by atoms with Crippen molar-refractivity contribution in [3.63, 3.8) is 0 Å². The van der Waals surface area contributed by atoms with Gasteiger partial charge in [0.2, 0.25) is 5.89 Å². The molecule has 0 aliphatic carbocycles. The number of hydrogen-bond donors (Lipinski definition) is 0. The SMILES string of the molecule is COc1ccc(-c2nc3ccccc3o2)cc1N=Cc1cc([N+](=O)[O-])cc(Br)c1[O-]. The topological polar surface area (TPSA) is 114 Å². The molecule has 0 radical (unpaired) electrons. The molecule has 1 heterocycles. The fourth-order valence-corrected chi connectivity index (χ4v) is 3.32. The molecular formula is C21H13BrN3O5-. The largest absolute Gasteiger partial charge is 0.871 e. The highest BCUT2D eigenvalue weighted by Crippen LogP contribution is 2.35. The van der Waals surface area contributed by atoms with Crippen LogP contribution in [-0.4, -0.2) is 23.2 Å². The zero-order valence-electron chi connectivity index (χ0n) is 15.5. The third-order valence-electron chi connectivity index (χ3n) is 4.33. The summed E-state index contributed by atoms with van der Waals surface area (Å²) in [5, 5.41) is 23.4. The molecule has 0 atom stereocenters. The van der Waals surface area contributed by atoms with Gasteiger partial charge in [-0.2, -0.15) is 0 Å². The molecule has 3 aromatic carbocycles. The number of oxazole rings is 1. The van der Waals surface area contributed by atoms with E-state index in [1.165, 1.54) is 19.4 Å². The summed E-state index contributed by atoms with van der Waals surface area (Å²) in [6.45, 7) is 0. The molecule has 8 nitrogen and oxygen atoms in total. The number of fused-ring (bicyclic) bond motifs is 1. The maximum Gasteiger partial charge on any atom is 0.271 e. The van der Waals surface area contributed by atoms with E-state index in [2.05, 4.69) is 25.9 Å². The summed E-state index contributed by atoms with van der Waals surface area (Å²) in [5.74, 6) is 0.472. The number of ether oxygens (including phenoxy) is 1. The van der Waals surface area contributed by atoms with Gasteiger partial charge in [-0.05, 0) is 35.9 Å². The Labute approximate surface area is 178 Å². The summed E-state index contributed by atoms with van der Waals surface area (Å²) in [7, 11) is 1.50. The van der Waals surface area contributed by atoms with E-state index in [1.54, 1.807) is 18.2 Å². The Bertz CT molecular complexity index is 1270. The first-order valence-electron chi connectivity index (χ1n) is 8.69. The number of para-hydroxylation sites is 2. The summed E-state index contributed by atoms with van der Waals surface area (Å²) in [4.78, 5) is 19.3. The first kappa shape index (κ1) is 19.6. The molecule has 4 aromatic rings. The number of aromatic nitrogens is 1. The molecule has 0 aliphatic heterocycles. The number of non-ortho nitro benzene ring substituents is 1. The lowest BCUT2D eigenvalue weighted by molar-refractivity contribution is -0.385. The van der Waals surface area contributed by atoms with Crippen molar-refractivity contribution in [2.45, 2.75) is 0 Å². The standard InChI is InChI=1S/C21H14BrN3O5/c1-29-18-7-6-12(21-24-16-4-2-3-5-19(16)30-21)9-17(18)23-11-13-8-14(25(27)28)10-15(22)20(13)26/h2-11,26H,1H3/p-1. The molecule has 0 aliphatic rings. The van der Waals surface area contributed by atoms with E-state index in [-0.39, 0.29) is 15.7 Å². The van der Waals surface area contributed by atoms with Gasteiger partial charge in [0.15, 0.2) is 5.58 Å². The maximum atomic E-state index is 12.3. The molecule has 0 spiro atoms. The second kappa shape index (κ2) is 7.96. The second-order valence-electron chi connectivity index (χ2n) is 6.23.